The largest absolute Gasteiger partial charge is 0.493 e. The molecule has 0 aliphatic carbocycles. The Morgan fingerprint density at radius 2 is 2.24 bits per heavy atom. The number of nitrogens with zero attached hydrogens (tertiary/aromatic N) is 1. The number of hydrogen-bond acceptors (Lipinski definition) is 4. The summed E-state index contributed by atoms with van der Waals surface area (Å²) in [5.74, 6) is 2.18. The molecule has 112 valence electrons. The van der Waals surface area contributed by atoms with E-state index in [9.17, 15) is 0 Å². The number of ether oxygens (including phenoxy) is 1. The summed E-state index contributed by atoms with van der Waals surface area (Å²) in [5, 5.41) is 4.79. The number of rotatable bonds is 6. The van der Waals surface area contributed by atoms with Gasteiger partial charge in [0.05, 0.1) is 11.6 Å². The molecular weight excluding hydrogens is 280 g/mol. The van der Waals surface area contributed by atoms with E-state index in [0.29, 0.717) is 11.8 Å². The van der Waals surface area contributed by atoms with E-state index in [-0.39, 0.29) is 0 Å². The van der Waals surface area contributed by atoms with Crippen LogP contribution in [0.15, 0.2) is 30.5 Å². The van der Waals surface area contributed by atoms with E-state index < -0.39 is 0 Å². The Kier molecular flexibility index (Phi) is 4.56. The lowest BCUT2D eigenvalue weighted by molar-refractivity contribution is 0.326. The zero-order valence-electron chi connectivity index (χ0n) is 12.6. The van der Waals surface area contributed by atoms with Gasteiger partial charge in [-0.3, -0.25) is 0 Å². The topological polar surface area (TPSA) is 34.2 Å². The van der Waals surface area contributed by atoms with E-state index in [1.165, 1.54) is 15.4 Å². The van der Waals surface area contributed by atoms with Crippen LogP contribution in [0, 0.1) is 5.92 Å². The molecule has 21 heavy (non-hydrogen) atoms. The Hall–Kier alpha value is -1.39. The molecule has 1 aliphatic rings. The van der Waals surface area contributed by atoms with Gasteiger partial charge in [0.25, 0.3) is 0 Å². The van der Waals surface area contributed by atoms with Crippen LogP contribution >= 0.6 is 11.3 Å². The summed E-state index contributed by atoms with van der Waals surface area (Å²) < 4.78 is 5.71. The van der Waals surface area contributed by atoms with Crippen molar-refractivity contribution in [2.45, 2.75) is 32.7 Å². The van der Waals surface area contributed by atoms with Gasteiger partial charge in [-0.1, -0.05) is 32.0 Å². The fourth-order valence-corrected chi connectivity index (χ4v) is 3.75. The zero-order chi connectivity index (χ0) is 14.7. The number of fused-ring (bicyclic) bond motifs is 1. The number of aromatic nitrogens is 1. The van der Waals surface area contributed by atoms with Gasteiger partial charge in [0.15, 0.2) is 0 Å². The first-order valence-corrected chi connectivity index (χ1v) is 8.40. The highest BCUT2D eigenvalue weighted by molar-refractivity contribution is 7.11. The molecule has 0 saturated carbocycles. The summed E-state index contributed by atoms with van der Waals surface area (Å²) in [4.78, 5) is 5.81. The molecule has 1 unspecified atom stereocenters. The Morgan fingerprint density at radius 3 is 3.10 bits per heavy atom. The molecule has 0 saturated heterocycles. The van der Waals surface area contributed by atoms with Crippen LogP contribution in [0.4, 0.5) is 0 Å². The summed E-state index contributed by atoms with van der Waals surface area (Å²) in [5.41, 5.74) is 1.33. The molecule has 3 rings (SSSR count). The molecule has 0 spiro atoms. The van der Waals surface area contributed by atoms with Crippen molar-refractivity contribution in [2.24, 2.45) is 5.92 Å². The van der Waals surface area contributed by atoms with Crippen LogP contribution in [-0.4, -0.2) is 18.1 Å². The SMILES string of the molecule is CC(C)Cc1ncc(CNCC2COc3ccccc32)s1. The molecule has 0 amide bonds. The molecule has 1 aromatic carbocycles. The van der Waals surface area contributed by atoms with E-state index in [2.05, 4.69) is 42.3 Å². The van der Waals surface area contributed by atoms with E-state index in [1.807, 2.05) is 23.6 Å². The lowest BCUT2D eigenvalue weighted by Gasteiger charge is -2.09. The van der Waals surface area contributed by atoms with Crippen LogP contribution < -0.4 is 10.1 Å². The van der Waals surface area contributed by atoms with Crippen LogP contribution in [0.5, 0.6) is 5.75 Å². The third-order valence-corrected chi connectivity index (χ3v) is 4.69. The molecular formula is C17H22N2OS. The van der Waals surface area contributed by atoms with E-state index in [1.54, 1.807) is 0 Å². The highest BCUT2D eigenvalue weighted by atomic mass is 32.1. The smallest absolute Gasteiger partial charge is 0.122 e. The Labute approximate surface area is 130 Å². The number of thiazole rings is 1. The number of benzene rings is 1. The lowest BCUT2D eigenvalue weighted by Crippen LogP contribution is -2.21. The van der Waals surface area contributed by atoms with Crippen molar-refractivity contribution in [1.82, 2.24) is 10.3 Å². The average Bonchev–Trinajstić information content (AvgIpc) is 3.06. The standard InChI is InChI=1S/C17H22N2OS/c1-12(2)7-17-19-10-14(21-17)9-18-8-13-11-20-16-6-4-3-5-15(13)16/h3-6,10,12-13,18H,7-9,11H2,1-2H3. The van der Waals surface area contributed by atoms with Crippen molar-refractivity contribution < 1.29 is 4.74 Å². The maximum Gasteiger partial charge on any atom is 0.122 e. The van der Waals surface area contributed by atoms with Gasteiger partial charge in [0.2, 0.25) is 0 Å². The Morgan fingerprint density at radius 1 is 1.38 bits per heavy atom. The first kappa shape index (κ1) is 14.5. The van der Waals surface area contributed by atoms with Crippen LogP contribution in [-0.2, 0) is 13.0 Å². The summed E-state index contributed by atoms with van der Waals surface area (Å²) in [7, 11) is 0. The molecule has 1 N–H and O–H groups in total. The molecule has 0 bridgehead atoms. The highest BCUT2D eigenvalue weighted by Crippen LogP contribution is 2.32. The van der Waals surface area contributed by atoms with Gasteiger partial charge in [-0.05, 0) is 12.0 Å². The summed E-state index contributed by atoms with van der Waals surface area (Å²) in [6.45, 7) is 7.10. The van der Waals surface area contributed by atoms with Gasteiger partial charge in [-0.2, -0.15) is 0 Å². The predicted molar refractivity (Wildman–Crippen MR) is 87.0 cm³/mol. The summed E-state index contributed by atoms with van der Waals surface area (Å²) in [6, 6.07) is 8.34. The predicted octanol–water partition coefficient (Wildman–Crippen LogP) is 3.61. The number of nitrogens with one attached hydrogen (secondary N) is 1. The van der Waals surface area contributed by atoms with Crippen LogP contribution in [0.25, 0.3) is 0 Å². The van der Waals surface area contributed by atoms with Crippen LogP contribution in [0.2, 0.25) is 0 Å². The Balaban J connectivity index is 1.50. The maximum absolute atomic E-state index is 5.71. The van der Waals surface area contributed by atoms with E-state index >= 15 is 0 Å². The van der Waals surface area contributed by atoms with Gasteiger partial charge in [-0.25, -0.2) is 4.98 Å². The molecule has 1 aliphatic heterocycles. The second-order valence-electron chi connectivity index (χ2n) is 5.99. The van der Waals surface area contributed by atoms with Crippen molar-refractivity contribution in [2.75, 3.05) is 13.2 Å². The minimum atomic E-state index is 0.462. The molecule has 2 heterocycles. The zero-order valence-corrected chi connectivity index (χ0v) is 13.5. The third-order valence-electron chi connectivity index (χ3n) is 3.67. The third kappa shape index (κ3) is 3.63. The molecule has 3 nitrogen and oxygen atoms in total. The molecule has 2 aromatic rings. The van der Waals surface area contributed by atoms with Crippen molar-refractivity contribution in [3.8, 4) is 5.75 Å². The van der Waals surface area contributed by atoms with Crippen molar-refractivity contribution in [3.05, 3.63) is 45.9 Å². The Bertz CT molecular complexity index is 594. The molecule has 4 heteroatoms. The van der Waals surface area contributed by atoms with Gasteiger partial charge in [-0.15, -0.1) is 11.3 Å². The lowest BCUT2D eigenvalue weighted by atomic mass is 10.0. The first-order valence-electron chi connectivity index (χ1n) is 7.58. The van der Waals surface area contributed by atoms with Gasteiger partial charge >= 0.3 is 0 Å². The average molecular weight is 302 g/mol. The highest BCUT2D eigenvalue weighted by Gasteiger charge is 2.22. The monoisotopic (exact) mass is 302 g/mol. The fraction of sp³-hybridized carbons (Fsp3) is 0.471. The van der Waals surface area contributed by atoms with Gasteiger partial charge in [0, 0.05) is 42.1 Å². The van der Waals surface area contributed by atoms with E-state index in [0.717, 1.165) is 31.9 Å². The summed E-state index contributed by atoms with van der Waals surface area (Å²) in [6.07, 6.45) is 3.09. The fourth-order valence-electron chi connectivity index (χ4n) is 2.64. The number of hydrogen-bond donors (Lipinski definition) is 1. The number of para-hydroxylation sites is 1. The quantitative estimate of drug-likeness (QED) is 0.885. The maximum atomic E-state index is 5.71. The first-order chi connectivity index (χ1) is 10.2. The van der Waals surface area contributed by atoms with Crippen molar-refractivity contribution in [1.29, 1.82) is 0 Å². The second kappa shape index (κ2) is 6.58. The van der Waals surface area contributed by atoms with Crippen LogP contribution in [0.3, 0.4) is 0 Å². The molecule has 1 aromatic heterocycles. The van der Waals surface area contributed by atoms with Gasteiger partial charge in [0.1, 0.15) is 5.75 Å². The normalized spacial score (nSPS) is 17.0. The van der Waals surface area contributed by atoms with Crippen LogP contribution in [0.1, 0.15) is 35.2 Å². The molecule has 0 radical (unpaired) electrons. The van der Waals surface area contributed by atoms with E-state index in [4.69, 9.17) is 4.74 Å². The minimum absolute atomic E-state index is 0.462. The molecule has 1 atom stereocenters. The van der Waals surface area contributed by atoms with Crippen molar-refractivity contribution >= 4 is 11.3 Å². The summed E-state index contributed by atoms with van der Waals surface area (Å²) >= 11 is 1.82. The van der Waals surface area contributed by atoms with Gasteiger partial charge < -0.3 is 10.1 Å². The molecule has 0 fully saturated rings. The van der Waals surface area contributed by atoms with Crippen molar-refractivity contribution in [3.63, 3.8) is 0 Å². The minimum Gasteiger partial charge on any atom is -0.493 e. The second-order valence-corrected chi connectivity index (χ2v) is 7.19.